The Bertz CT molecular complexity index is 997. The molecule has 1 aromatic heterocycles. The molecule has 1 aliphatic carbocycles. The Hall–Kier alpha value is -3.21. The first-order chi connectivity index (χ1) is 13.1. The van der Waals surface area contributed by atoms with Gasteiger partial charge < -0.3 is 10.1 Å². The van der Waals surface area contributed by atoms with Gasteiger partial charge in [0.15, 0.2) is 0 Å². The number of hydrogen-bond donors (Lipinski definition) is 1. The molecule has 27 heavy (non-hydrogen) atoms. The quantitative estimate of drug-likeness (QED) is 0.704. The van der Waals surface area contributed by atoms with E-state index in [4.69, 9.17) is 4.74 Å². The van der Waals surface area contributed by atoms with Crippen molar-refractivity contribution in [2.75, 3.05) is 0 Å². The molecule has 0 aliphatic heterocycles. The Morgan fingerprint density at radius 2 is 1.78 bits per heavy atom. The number of esters is 1. The molecular formula is C22H20N2O3. The van der Waals surface area contributed by atoms with Crippen molar-refractivity contribution in [3.63, 3.8) is 0 Å². The lowest BCUT2D eigenvalue weighted by molar-refractivity contribution is -0.130. The average molecular weight is 360 g/mol. The van der Waals surface area contributed by atoms with E-state index < -0.39 is 12.1 Å². The number of amides is 1. The molecule has 1 heterocycles. The number of pyridine rings is 1. The van der Waals surface area contributed by atoms with Crippen LogP contribution in [0.25, 0.3) is 10.9 Å². The van der Waals surface area contributed by atoms with Gasteiger partial charge in [-0.1, -0.05) is 48.5 Å². The van der Waals surface area contributed by atoms with Gasteiger partial charge in [0.25, 0.3) is 5.91 Å². The number of carbonyl (C=O) groups excluding carboxylic acids is 2. The van der Waals surface area contributed by atoms with Crippen molar-refractivity contribution in [2.24, 2.45) is 0 Å². The number of aromatic nitrogens is 1. The van der Waals surface area contributed by atoms with Crippen LogP contribution in [-0.4, -0.2) is 22.9 Å². The fourth-order valence-electron chi connectivity index (χ4n) is 3.05. The molecule has 0 unspecified atom stereocenters. The Morgan fingerprint density at radius 3 is 2.52 bits per heavy atom. The summed E-state index contributed by atoms with van der Waals surface area (Å²) < 4.78 is 5.70. The van der Waals surface area contributed by atoms with Crippen molar-refractivity contribution in [2.45, 2.75) is 31.9 Å². The van der Waals surface area contributed by atoms with Gasteiger partial charge in [-0.05, 0) is 31.9 Å². The number of carbonyl (C=O) groups is 2. The van der Waals surface area contributed by atoms with Gasteiger partial charge in [-0.3, -0.25) is 9.78 Å². The summed E-state index contributed by atoms with van der Waals surface area (Å²) in [5.74, 6) is -0.816. The lowest BCUT2D eigenvalue weighted by atomic mass is 10.1. The second kappa shape index (κ2) is 7.19. The molecule has 5 nitrogen and oxygen atoms in total. The Kier molecular flexibility index (Phi) is 4.59. The van der Waals surface area contributed by atoms with E-state index in [0.29, 0.717) is 16.5 Å². The monoisotopic (exact) mass is 360 g/mol. The first-order valence-corrected chi connectivity index (χ1v) is 9.04. The van der Waals surface area contributed by atoms with Gasteiger partial charge in [-0.2, -0.15) is 0 Å². The van der Waals surface area contributed by atoms with E-state index in [0.717, 1.165) is 24.1 Å². The molecule has 136 valence electrons. The number of hydrogen-bond acceptors (Lipinski definition) is 4. The smallest absolute Gasteiger partial charge is 0.340 e. The summed E-state index contributed by atoms with van der Waals surface area (Å²) in [4.78, 5) is 30.1. The van der Waals surface area contributed by atoms with Crippen molar-refractivity contribution < 1.29 is 14.3 Å². The Morgan fingerprint density at radius 1 is 1.07 bits per heavy atom. The molecule has 3 aromatic rings. The molecule has 1 fully saturated rings. The van der Waals surface area contributed by atoms with Crippen LogP contribution >= 0.6 is 0 Å². The van der Waals surface area contributed by atoms with Crippen LogP contribution in [0.5, 0.6) is 0 Å². The molecule has 0 radical (unpaired) electrons. The second-order valence-corrected chi connectivity index (χ2v) is 6.81. The van der Waals surface area contributed by atoms with E-state index in [9.17, 15) is 9.59 Å². The number of ether oxygens (including phenoxy) is 1. The summed E-state index contributed by atoms with van der Waals surface area (Å²) in [5.41, 5.74) is 2.51. The normalized spacial score (nSPS) is 14.6. The first-order valence-electron chi connectivity index (χ1n) is 9.04. The van der Waals surface area contributed by atoms with Gasteiger partial charge in [0, 0.05) is 22.7 Å². The van der Waals surface area contributed by atoms with E-state index in [2.05, 4.69) is 10.3 Å². The molecule has 2 aromatic carbocycles. The molecule has 0 bridgehead atoms. The number of nitrogens with zero attached hydrogens (tertiary/aromatic N) is 1. The van der Waals surface area contributed by atoms with E-state index in [1.54, 1.807) is 18.2 Å². The van der Waals surface area contributed by atoms with Gasteiger partial charge in [-0.25, -0.2) is 4.79 Å². The van der Waals surface area contributed by atoms with Crippen molar-refractivity contribution in [1.29, 1.82) is 0 Å². The lowest BCUT2D eigenvalue weighted by Gasteiger charge is -2.18. The molecule has 1 saturated carbocycles. The van der Waals surface area contributed by atoms with Crippen molar-refractivity contribution in [1.82, 2.24) is 10.3 Å². The summed E-state index contributed by atoms with van der Waals surface area (Å²) in [7, 11) is 0. The topological polar surface area (TPSA) is 68.3 Å². The van der Waals surface area contributed by atoms with E-state index in [-0.39, 0.29) is 11.9 Å². The summed E-state index contributed by atoms with van der Waals surface area (Å²) in [6.45, 7) is 1.83. The third-order valence-corrected chi connectivity index (χ3v) is 4.55. The molecule has 5 heteroatoms. The highest BCUT2D eigenvalue weighted by Crippen LogP contribution is 2.26. The van der Waals surface area contributed by atoms with E-state index in [1.165, 1.54) is 0 Å². The second-order valence-electron chi connectivity index (χ2n) is 6.81. The van der Waals surface area contributed by atoms with Crippen LogP contribution in [0.2, 0.25) is 0 Å². The van der Waals surface area contributed by atoms with Gasteiger partial charge in [0.05, 0.1) is 11.1 Å². The predicted octanol–water partition coefficient (Wildman–Crippen LogP) is 3.72. The SMILES string of the molecule is Cc1cc(C(=O)O[C@@H](C(=O)NC2CC2)c2ccccc2)c2ccccc2n1. The molecule has 0 saturated heterocycles. The summed E-state index contributed by atoms with van der Waals surface area (Å²) >= 11 is 0. The van der Waals surface area contributed by atoms with Gasteiger partial charge in [0.2, 0.25) is 6.10 Å². The number of nitrogens with one attached hydrogen (secondary N) is 1. The van der Waals surface area contributed by atoms with Crippen LogP contribution in [0.3, 0.4) is 0 Å². The number of benzene rings is 2. The minimum atomic E-state index is -0.980. The first kappa shape index (κ1) is 17.2. The number of rotatable bonds is 5. The van der Waals surface area contributed by atoms with Crippen molar-refractivity contribution in [3.05, 3.63) is 77.5 Å². The Balaban J connectivity index is 1.67. The maximum absolute atomic E-state index is 13.0. The van der Waals surface area contributed by atoms with Gasteiger partial charge in [0.1, 0.15) is 0 Å². The molecule has 1 amide bonds. The standard InChI is InChI=1S/C22H20N2O3/c1-14-13-18(17-9-5-6-10-19(17)23-14)22(26)27-20(15-7-3-2-4-8-15)21(25)24-16-11-12-16/h2-10,13,16,20H,11-12H2,1H3,(H,24,25)/t20-/m1/s1. The lowest BCUT2D eigenvalue weighted by Crippen LogP contribution is -2.33. The Labute approximate surface area is 157 Å². The summed E-state index contributed by atoms with van der Waals surface area (Å²) in [6.07, 6.45) is 0.955. The van der Waals surface area contributed by atoms with Crippen LogP contribution in [0.1, 0.15) is 40.6 Å². The maximum Gasteiger partial charge on any atom is 0.340 e. The third-order valence-electron chi connectivity index (χ3n) is 4.55. The molecule has 0 spiro atoms. The third kappa shape index (κ3) is 3.82. The summed E-state index contributed by atoms with van der Waals surface area (Å²) in [5, 5.41) is 3.64. The fraction of sp³-hybridized carbons (Fsp3) is 0.227. The molecule has 1 N–H and O–H groups in total. The largest absolute Gasteiger partial charge is 0.444 e. The zero-order chi connectivity index (χ0) is 18.8. The zero-order valence-electron chi connectivity index (χ0n) is 15.0. The average Bonchev–Trinajstić information content (AvgIpc) is 3.49. The number of fused-ring (bicyclic) bond motifs is 1. The predicted molar refractivity (Wildman–Crippen MR) is 102 cm³/mol. The highest BCUT2D eigenvalue weighted by Gasteiger charge is 2.31. The molecule has 1 aliphatic rings. The summed E-state index contributed by atoms with van der Waals surface area (Å²) in [6, 6.07) is 18.4. The van der Waals surface area contributed by atoms with Crippen LogP contribution in [0, 0.1) is 6.92 Å². The van der Waals surface area contributed by atoms with Gasteiger partial charge >= 0.3 is 5.97 Å². The molecular weight excluding hydrogens is 340 g/mol. The van der Waals surface area contributed by atoms with Gasteiger partial charge in [-0.15, -0.1) is 0 Å². The van der Waals surface area contributed by atoms with Crippen LogP contribution < -0.4 is 5.32 Å². The van der Waals surface area contributed by atoms with Crippen LogP contribution in [0.15, 0.2) is 60.7 Å². The van der Waals surface area contributed by atoms with E-state index in [1.807, 2.05) is 49.4 Å². The zero-order valence-corrected chi connectivity index (χ0v) is 15.0. The minimum absolute atomic E-state index is 0.186. The number of aryl methyl sites for hydroxylation is 1. The van der Waals surface area contributed by atoms with Crippen molar-refractivity contribution in [3.8, 4) is 0 Å². The van der Waals surface area contributed by atoms with Crippen molar-refractivity contribution >= 4 is 22.8 Å². The van der Waals surface area contributed by atoms with Crippen LogP contribution in [-0.2, 0) is 9.53 Å². The minimum Gasteiger partial charge on any atom is -0.444 e. The molecule has 1 atom stereocenters. The number of para-hydroxylation sites is 1. The highest BCUT2D eigenvalue weighted by atomic mass is 16.5. The van der Waals surface area contributed by atoms with Crippen LogP contribution in [0.4, 0.5) is 0 Å². The maximum atomic E-state index is 13.0. The van der Waals surface area contributed by atoms with E-state index >= 15 is 0 Å². The highest BCUT2D eigenvalue weighted by molar-refractivity contribution is 6.04. The molecule has 4 rings (SSSR count). The fourth-order valence-corrected chi connectivity index (χ4v) is 3.05.